The highest BCUT2D eigenvalue weighted by atomic mass is 16.2. The van der Waals surface area contributed by atoms with Crippen LogP contribution in [0, 0.1) is 0 Å². The van der Waals surface area contributed by atoms with E-state index in [-0.39, 0.29) is 11.7 Å². The second-order valence-electron chi connectivity index (χ2n) is 10.9. The molecule has 38 heavy (non-hydrogen) atoms. The van der Waals surface area contributed by atoms with Crippen LogP contribution in [0.25, 0.3) is 11.0 Å². The van der Waals surface area contributed by atoms with Crippen LogP contribution in [0.15, 0.2) is 42.5 Å². The minimum atomic E-state index is -0.640. The Labute approximate surface area is 227 Å². The van der Waals surface area contributed by atoms with E-state index in [0.717, 1.165) is 47.7 Å². The molecule has 1 fully saturated rings. The Morgan fingerprint density at radius 2 is 1.66 bits per heavy atom. The van der Waals surface area contributed by atoms with Gasteiger partial charge in [0, 0.05) is 30.9 Å². The number of carbonyl (C=O) groups is 2. The van der Waals surface area contributed by atoms with Gasteiger partial charge in [0.05, 0.1) is 16.4 Å². The number of aromatic nitrogens is 2. The van der Waals surface area contributed by atoms with Crippen LogP contribution in [-0.4, -0.2) is 63.8 Å². The number of fused-ring (bicyclic) bond motifs is 1. The van der Waals surface area contributed by atoms with Crippen LogP contribution < -0.4 is 5.32 Å². The molecule has 204 valence electrons. The number of ketones is 1. The molecule has 0 aliphatic carbocycles. The lowest BCUT2D eigenvalue weighted by atomic mass is 9.83. The molecule has 1 aliphatic heterocycles. The lowest BCUT2D eigenvalue weighted by molar-refractivity contribution is -0.135. The summed E-state index contributed by atoms with van der Waals surface area (Å²) in [7, 11) is 0. The van der Waals surface area contributed by atoms with E-state index in [1.54, 1.807) is 6.92 Å². The molecule has 0 unspecified atom stereocenters. The number of hydrogen-bond donors (Lipinski definition) is 1. The Bertz CT molecular complexity index is 1250. The Kier molecular flexibility index (Phi) is 8.87. The third-order valence-electron chi connectivity index (χ3n) is 7.91. The first kappa shape index (κ1) is 27.8. The van der Waals surface area contributed by atoms with Crippen molar-refractivity contribution in [3.05, 3.63) is 53.6 Å². The fraction of sp³-hybridized carbons (Fsp3) is 0.516. The van der Waals surface area contributed by atoms with Crippen LogP contribution in [0.2, 0.25) is 0 Å². The van der Waals surface area contributed by atoms with Crippen molar-refractivity contribution in [1.82, 2.24) is 19.4 Å². The SMILES string of the molecule is CCN(CC)C(=O)C(C)(C)c1ccc2nc(Nc3ccc(C(C)=O)cc3)n(CCCN3CCCCC3)c2c1. The maximum atomic E-state index is 13.4. The van der Waals surface area contributed by atoms with Gasteiger partial charge in [-0.25, -0.2) is 4.98 Å². The number of nitrogens with one attached hydrogen (secondary N) is 1. The van der Waals surface area contributed by atoms with E-state index in [4.69, 9.17) is 4.98 Å². The van der Waals surface area contributed by atoms with Crippen LogP contribution in [-0.2, 0) is 16.8 Å². The van der Waals surface area contributed by atoms with Gasteiger partial charge in [-0.3, -0.25) is 9.59 Å². The molecule has 1 N–H and O–H groups in total. The van der Waals surface area contributed by atoms with Crippen LogP contribution in [0.3, 0.4) is 0 Å². The Morgan fingerprint density at radius 1 is 0.974 bits per heavy atom. The van der Waals surface area contributed by atoms with Crippen molar-refractivity contribution in [3.8, 4) is 0 Å². The van der Waals surface area contributed by atoms with E-state index in [2.05, 4.69) is 20.9 Å². The van der Waals surface area contributed by atoms with Crippen LogP contribution in [0.1, 0.15) is 76.2 Å². The van der Waals surface area contributed by atoms with Gasteiger partial charge in [-0.2, -0.15) is 0 Å². The number of benzene rings is 2. The number of likely N-dealkylation sites (N-methyl/N-ethyl adjacent to an activating group) is 1. The number of hydrogen-bond acceptors (Lipinski definition) is 5. The average Bonchev–Trinajstić information content (AvgIpc) is 3.26. The average molecular weight is 518 g/mol. The van der Waals surface area contributed by atoms with Crippen molar-refractivity contribution >= 4 is 34.4 Å². The number of piperidine rings is 1. The van der Waals surface area contributed by atoms with Crippen molar-refractivity contribution in [3.63, 3.8) is 0 Å². The van der Waals surface area contributed by atoms with E-state index in [9.17, 15) is 9.59 Å². The largest absolute Gasteiger partial charge is 0.343 e. The molecule has 0 spiro atoms. The summed E-state index contributed by atoms with van der Waals surface area (Å²) in [5.74, 6) is 0.970. The molecule has 0 saturated carbocycles. The van der Waals surface area contributed by atoms with Gasteiger partial charge in [0.25, 0.3) is 0 Å². The van der Waals surface area contributed by atoms with Crippen LogP contribution in [0.5, 0.6) is 0 Å². The van der Waals surface area contributed by atoms with Crippen molar-refractivity contribution in [2.45, 2.75) is 72.3 Å². The number of amides is 1. The number of rotatable bonds is 11. The fourth-order valence-electron chi connectivity index (χ4n) is 5.42. The third-order valence-corrected chi connectivity index (χ3v) is 7.91. The lowest BCUT2D eigenvalue weighted by Crippen LogP contribution is -2.43. The van der Waals surface area contributed by atoms with Gasteiger partial charge in [0.1, 0.15) is 0 Å². The molecule has 1 aliphatic rings. The lowest BCUT2D eigenvalue weighted by Gasteiger charge is -2.31. The summed E-state index contributed by atoms with van der Waals surface area (Å²) in [6, 6.07) is 13.7. The molecule has 1 amide bonds. The van der Waals surface area contributed by atoms with Gasteiger partial charge in [-0.15, -0.1) is 0 Å². The summed E-state index contributed by atoms with van der Waals surface area (Å²) in [6.45, 7) is 15.3. The molecule has 1 saturated heterocycles. The molecule has 7 heteroatoms. The highest BCUT2D eigenvalue weighted by Gasteiger charge is 2.33. The van der Waals surface area contributed by atoms with Crippen molar-refractivity contribution in [2.24, 2.45) is 0 Å². The second kappa shape index (κ2) is 12.1. The Balaban J connectivity index is 1.66. The molecular weight excluding hydrogens is 474 g/mol. The Hall–Kier alpha value is -3.19. The zero-order chi connectivity index (χ0) is 27.3. The number of Topliss-reactive ketones (excluding diaryl/α,β-unsaturated/α-hetero) is 1. The van der Waals surface area contributed by atoms with E-state index < -0.39 is 5.41 Å². The van der Waals surface area contributed by atoms with Gasteiger partial charge >= 0.3 is 0 Å². The molecule has 0 bridgehead atoms. The van der Waals surface area contributed by atoms with Gasteiger partial charge in [-0.05, 0) is 115 Å². The molecule has 0 atom stereocenters. The number of likely N-dealkylation sites (tertiary alicyclic amines) is 1. The first-order valence-electron chi connectivity index (χ1n) is 14.1. The van der Waals surface area contributed by atoms with Crippen molar-refractivity contribution < 1.29 is 9.59 Å². The predicted molar refractivity (Wildman–Crippen MR) is 155 cm³/mol. The molecule has 0 radical (unpaired) electrons. The Morgan fingerprint density at radius 3 is 2.29 bits per heavy atom. The standard InChI is InChI=1S/C31H43N5O2/c1-6-35(7-2)29(38)31(4,5)25-14-17-27-28(22-25)36(21-11-20-34-18-9-8-10-19-34)30(33-27)32-26-15-12-24(13-16-26)23(3)37/h12-17,22H,6-11,18-21H2,1-5H3,(H,32,33). The zero-order valence-electron chi connectivity index (χ0n) is 23.7. The highest BCUT2D eigenvalue weighted by Crippen LogP contribution is 2.31. The quantitative estimate of drug-likeness (QED) is 0.316. The zero-order valence-corrected chi connectivity index (χ0v) is 23.7. The topological polar surface area (TPSA) is 70.5 Å². The summed E-state index contributed by atoms with van der Waals surface area (Å²) in [5.41, 5.74) is 3.87. The summed E-state index contributed by atoms with van der Waals surface area (Å²) < 4.78 is 2.25. The first-order valence-corrected chi connectivity index (χ1v) is 14.1. The number of nitrogens with zero attached hydrogens (tertiary/aromatic N) is 4. The van der Waals surface area contributed by atoms with Crippen LogP contribution >= 0.6 is 0 Å². The monoisotopic (exact) mass is 517 g/mol. The van der Waals surface area contributed by atoms with Gasteiger partial charge in [0.15, 0.2) is 5.78 Å². The molecule has 1 aromatic heterocycles. The molecular formula is C31H43N5O2. The highest BCUT2D eigenvalue weighted by molar-refractivity contribution is 5.94. The maximum absolute atomic E-state index is 13.4. The van der Waals surface area contributed by atoms with E-state index in [0.29, 0.717) is 18.7 Å². The van der Waals surface area contributed by atoms with E-state index in [1.807, 2.05) is 69.0 Å². The predicted octanol–water partition coefficient (Wildman–Crippen LogP) is 6.00. The smallest absolute Gasteiger partial charge is 0.232 e. The fourth-order valence-corrected chi connectivity index (χ4v) is 5.42. The summed E-state index contributed by atoms with van der Waals surface area (Å²) >= 11 is 0. The third kappa shape index (κ3) is 6.09. The van der Waals surface area contributed by atoms with Gasteiger partial charge in [-0.1, -0.05) is 12.5 Å². The molecule has 2 aromatic carbocycles. The maximum Gasteiger partial charge on any atom is 0.232 e. The number of anilines is 2. The van der Waals surface area contributed by atoms with Crippen molar-refractivity contribution in [2.75, 3.05) is 38.0 Å². The minimum absolute atomic E-state index is 0.0518. The molecule has 3 aromatic rings. The first-order chi connectivity index (χ1) is 18.2. The molecule has 7 nitrogen and oxygen atoms in total. The summed E-state index contributed by atoms with van der Waals surface area (Å²) in [4.78, 5) is 34.5. The van der Waals surface area contributed by atoms with Gasteiger partial charge in [0.2, 0.25) is 11.9 Å². The van der Waals surface area contributed by atoms with Gasteiger partial charge < -0.3 is 19.7 Å². The second-order valence-corrected chi connectivity index (χ2v) is 10.9. The minimum Gasteiger partial charge on any atom is -0.343 e. The van der Waals surface area contributed by atoms with Crippen LogP contribution in [0.4, 0.5) is 11.6 Å². The number of aryl methyl sites for hydroxylation is 1. The summed E-state index contributed by atoms with van der Waals surface area (Å²) in [5, 5.41) is 3.49. The number of imidazole rings is 1. The molecule has 2 heterocycles. The van der Waals surface area contributed by atoms with Crippen molar-refractivity contribution in [1.29, 1.82) is 0 Å². The van der Waals surface area contributed by atoms with E-state index in [1.165, 1.54) is 32.4 Å². The van der Waals surface area contributed by atoms with E-state index >= 15 is 0 Å². The molecule has 4 rings (SSSR count). The normalized spacial score (nSPS) is 14.6. The number of carbonyl (C=O) groups excluding carboxylic acids is 2. The summed E-state index contributed by atoms with van der Waals surface area (Å²) in [6.07, 6.45) is 4.94.